The van der Waals surface area contributed by atoms with Crippen molar-refractivity contribution in [2.75, 3.05) is 6.54 Å². The van der Waals surface area contributed by atoms with Crippen LogP contribution in [0.1, 0.15) is 6.42 Å². The standard InChI is InChI=1S/C7H7N/c1-2-7-3-5-8-6-4-7/h8H,1,3,5H2. The maximum atomic E-state index is 3.49. The molecule has 40 valence electrons. The summed E-state index contributed by atoms with van der Waals surface area (Å²) >= 11 is 0. The lowest BCUT2D eigenvalue weighted by atomic mass is 10.2. The van der Waals surface area contributed by atoms with Gasteiger partial charge in [-0.2, -0.15) is 0 Å². The van der Waals surface area contributed by atoms with Gasteiger partial charge in [-0.1, -0.05) is 6.58 Å². The largest absolute Gasteiger partial charge is 0.345 e. The smallest absolute Gasteiger partial charge is 0.0468 e. The molecule has 1 aliphatic rings. The third kappa shape index (κ3) is 0.932. The van der Waals surface area contributed by atoms with Crippen molar-refractivity contribution in [2.24, 2.45) is 0 Å². The van der Waals surface area contributed by atoms with Crippen LogP contribution in [0, 0.1) is 12.0 Å². The van der Waals surface area contributed by atoms with Crippen LogP contribution in [0.2, 0.25) is 0 Å². The molecular weight excluding hydrogens is 98.1 g/mol. The third-order valence-corrected chi connectivity index (χ3v) is 1.02. The van der Waals surface area contributed by atoms with Gasteiger partial charge >= 0.3 is 0 Å². The monoisotopic (exact) mass is 105 g/mol. The molecule has 0 fully saturated rings. The van der Waals surface area contributed by atoms with Crippen molar-refractivity contribution < 1.29 is 0 Å². The van der Waals surface area contributed by atoms with Crippen LogP contribution in [0.4, 0.5) is 0 Å². The van der Waals surface area contributed by atoms with E-state index >= 15 is 0 Å². The van der Waals surface area contributed by atoms with E-state index in [0.29, 0.717) is 0 Å². The maximum absolute atomic E-state index is 3.49. The van der Waals surface area contributed by atoms with Gasteiger partial charge in [0.25, 0.3) is 0 Å². The van der Waals surface area contributed by atoms with Gasteiger partial charge in [-0.3, -0.25) is 0 Å². The first-order chi connectivity index (χ1) is 3.93. The second-order valence-corrected chi connectivity index (χ2v) is 1.58. The normalized spacial score (nSPS) is 15.2. The third-order valence-electron chi connectivity index (χ3n) is 1.02. The molecular formula is C7H7N. The number of rotatable bonds is 0. The van der Waals surface area contributed by atoms with Gasteiger partial charge in [-0.15, -0.1) is 5.73 Å². The number of nitrogens with one attached hydrogen (secondary N) is 1. The Morgan fingerprint density at radius 2 is 2.62 bits per heavy atom. The second-order valence-electron chi connectivity index (χ2n) is 1.58. The maximum Gasteiger partial charge on any atom is 0.0468 e. The lowest BCUT2D eigenvalue weighted by Crippen LogP contribution is -2.11. The molecule has 1 heteroatoms. The zero-order chi connectivity index (χ0) is 5.82. The van der Waals surface area contributed by atoms with Crippen molar-refractivity contribution in [1.29, 1.82) is 0 Å². The average Bonchev–Trinajstić information content (AvgIpc) is 1.90. The van der Waals surface area contributed by atoms with Crippen molar-refractivity contribution in [1.82, 2.24) is 5.32 Å². The molecule has 0 aliphatic carbocycles. The summed E-state index contributed by atoms with van der Waals surface area (Å²) < 4.78 is 0. The molecule has 0 aromatic heterocycles. The van der Waals surface area contributed by atoms with Gasteiger partial charge in [-0.05, 0) is 5.92 Å². The summed E-state index contributed by atoms with van der Waals surface area (Å²) in [5.41, 5.74) is 3.77. The van der Waals surface area contributed by atoms with Gasteiger partial charge in [-0.25, -0.2) is 0 Å². The van der Waals surface area contributed by atoms with Crippen molar-refractivity contribution in [3.63, 3.8) is 0 Å². The van der Waals surface area contributed by atoms with Crippen molar-refractivity contribution >= 4 is 0 Å². The summed E-state index contributed by atoms with van der Waals surface area (Å²) in [6, 6.07) is 2.75. The Labute approximate surface area is 49.1 Å². The summed E-state index contributed by atoms with van der Waals surface area (Å²) in [6.07, 6.45) is 0.969. The first kappa shape index (κ1) is 5.03. The Bertz CT molecular complexity index is 186. The summed E-state index contributed by atoms with van der Waals surface area (Å²) in [4.78, 5) is 0. The SMILES string of the molecule is C=C=C1C#CNCC1. The minimum absolute atomic E-state index is 0.935. The molecule has 1 heterocycles. The number of hydrogen-bond acceptors (Lipinski definition) is 1. The quantitative estimate of drug-likeness (QED) is 0.352. The molecule has 0 radical (unpaired) electrons. The van der Waals surface area contributed by atoms with Crippen LogP contribution >= 0.6 is 0 Å². The summed E-state index contributed by atoms with van der Waals surface area (Å²) in [5.74, 6) is 2.85. The van der Waals surface area contributed by atoms with Crippen LogP contribution in [0.3, 0.4) is 0 Å². The average molecular weight is 105 g/mol. The molecule has 1 rings (SSSR count). The molecule has 0 aromatic rings. The minimum atomic E-state index is 0.935. The zero-order valence-corrected chi connectivity index (χ0v) is 4.62. The predicted molar refractivity (Wildman–Crippen MR) is 33.0 cm³/mol. The van der Waals surface area contributed by atoms with Gasteiger partial charge in [0, 0.05) is 24.6 Å². The van der Waals surface area contributed by atoms with E-state index in [9.17, 15) is 0 Å². The zero-order valence-electron chi connectivity index (χ0n) is 4.62. The van der Waals surface area contributed by atoms with Gasteiger partial charge < -0.3 is 5.32 Å². The van der Waals surface area contributed by atoms with E-state index in [4.69, 9.17) is 0 Å². The lowest BCUT2D eigenvalue weighted by molar-refractivity contribution is 0.845. The Morgan fingerprint density at radius 3 is 3.00 bits per heavy atom. The van der Waals surface area contributed by atoms with Crippen LogP contribution in [-0.2, 0) is 0 Å². The highest BCUT2D eigenvalue weighted by molar-refractivity contribution is 5.29. The van der Waals surface area contributed by atoms with Crippen molar-refractivity contribution in [3.8, 4) is 12.0 Å². The van der Waals surface area contributed by atoms with E-state index in [1.807, 2.05) is 0 Å². The Hall–Kier alpha value is -1.12. The Balaban J connectivity index is 2.80. The van der Waals surface area contributed by atoms with Crippen molar-refractivity contribution in [3.05, 3.63) is 17.9 Å². The molecule has 8 heavy (non-hydrogen) atoms. The van der Waals surface area contributed by atoms with E-state index in [-0.39, 0.29) is 0 Å². The lowest BCUT2D eigenvalue weighted by Gasteiger charge is -2.00. The van der Waals surface area contributed by atoms with Crippen LogP contribution in [0.15, 0.2) is 17.9 Å². The molecule has 0 saturated carbocycles. The fourth-order valence-corrected chi connectivity index (χ4v) is 0.565. The summed E-state index contributed by atoms with van der Waals surface area (Å²) in [7, 11) is 0. The Kier molecular flexibility index (Phi) is 1.42. The Morgan fingerprint density at radius 1 is 1.75 bits per heavy atom. The van der Waals surface area contributed by atoms with E-state index < -0.39 is 0 Å². The molecule has 1 aliphatic heterocycles. The van der Waals surface area contributed by atoms with E-state index in [1.165, 1.54) is 0 Å². The van der Waals surface area contributed by atoms with Crippen LogP contribution in [0.5, 0.6) is 0 Å². The van der Waals surface area contributed by atoms with Gasteiger partial charge in [0.2, 0.25) is 0 Å². The van der Waals surface area contributed by atoms with Crippen LogP contribution < -0.4 is 5.32 Å². The van der Waals surface area contributed by atoms with E-state index in [2.05, 4.69) is 29.6 Å². The van der Waals surface area contributed by atoms with Gasteiger partial charge in [0.05, 0.1) is 0 Å². The highest BCUT2D eigenvalue weighted by Gasteiger charge is 1.93. The molecule has 1 nitrogen and oxygen atoms in total. The van der Waals surface area contributed by atoms with Gasteiger partial charge in [0.15, 0.2) is 0 Å². The van der Waals surface area contributed by atoms with Gasteiger partial charge in [0.1, 0.15) is 0 Å². The fraction of sp³-hybridized carbons (Fsp3) is 0.286. The summed E-state index contributed by atoms with van der Waals surface area (Å²) in [5, 5.41) is 2.90. The highest BCUT2D eigenvalue weighted by atomic mass is 14.8. The molecule has 1 N–H and O–H groups in total. The van der Waals surface area contributed by atoms with E-state index in [0.717, 1.165) is 18.5 Å². The fourth-order valence-electron chi connectivity index (χ4n) is 0.565. The van der Waals surface area contributed by atoms with Crippen LogP contribution in [0.25, 0.3) is 0 Å². The molecule has 0 bridgehead atoms. The molecule has 0 saturated heterocycles. The van der Waals surface area contributed by atoms with Crippen LogP contribution in [-0.4, -0.2) is 6.54 Å². The minimum Gasteiger partial charge on any atom is -0.345 e. The number of hydrogen-bond donors (Lipinski definition) is 1. The van der Waals surface area contributed by atoms with Crippen molar-refractivity contribution in [2.45, 2.75) is 6.42 Å². The second kappa shape index (κ2) is 2.26. The molecule has 0 aromatic carbocycles. The molecule has 0 amide bonds. The predicted octanol–water partition coefficient (Wildman–Crippen LogP) is 0.652. The molecule has 0 spiro atoms. The first-order valence-electron chi connectivity index (χ1n) is 2.56. The first-order valence-corrected chi connectivity index (χ1v) is 2.56. The molecule has 0 unspecified atom stereocenters. The summed E-state index contributed by atoms with van der Waals surface area (Å²) in [6.45, 7) is 4.43. The van der Waals surface area contributed by atoms with E-state index in [1.54, 1.807) is 0 Å². The topological polar surface area (TPSA) is 12.0 Å². The highest BCUT2D eigenvalue weighted by Crippen LogP contribution is 1.96. The molecule has 0 atom stereocenters.